The number of hydrogen-bond donors (Lipinski definition) is 1. The zero-order chi connectivity index (χ0) is 17.3. The van der Waals surface area contributed by atoms with Crippen LogP contribution >= 0.6 is 11.8 Å². The lowest BCUT2D eigenvalue weighted by atomic mass is 10.1. The predicted octanol–water partition coefficient (Wildman–Crippen LogP) is 3.56. The van der Waals surface area contributed by atoms with Crippen LogP contribution in [0, 0.1) is 0 Å². The molecule has 1 N–H and O–H groups in total. The number of methoxy groups -OCH3 is 1. The normalized spacial score (nSPS) is 20.2. The first kappa shape index (κ1) is 16.4. The number of rotatable bonds is 4. The Morgan fingerprint density at radius 2 is 1.92 bits per heavy atom. The molecule has 124 valence electrons. The second-order valence-corrected chi connectivity index (χ2v) is 6.89. The van der Waals surface area contributed by atoms with Crippen LogP contribution in [0.3, 0.4) is 0 Å². The number of aromatic carboxylic acids is 1. The van der Waals surface area contributed by atoms with Crippen LogP contribution in [0.25, 0.3) is 0 Å². The highest BCUT2D eigenvalue weighted by molar-refractivity contribution is 8.01. The lowest BCUT2D eigenvalue weighted by Gasteiger charge is -2.24. The van der Waals surface area contributed by atoms with Crippen LogP contribution in [0.15, 0.2) is 48.5 Å². The summed E-state index contributed by atoms with van der Waals surface area (Å²) in [5.41, 5.74) is 1.73. The van der Waals surface area contributed by atoms with Gasteiger partial charge in [0, 0.05) is 5.69 Å². The minimum Gasteiger partial charge on any atom is -0.497 e. The van der Waals surface area contributed by atoms with E-state index in [0.717, 1.165) is 11.3 Å². The molecule has 2 unspecified atom stereocenters. The van der Waals surface area contributed by atoms with Crippen molar-refractivity contribution in [3.05, 3.63) is 59.7 Å². The molecule has 0 radical (unpaired) electrons. The standard InChI is InChI=1S/C18H17NO4S/c1-11-16(20)19(14-5-3-4-13(10-14)18(21)22)17(24-11)12-6-8-15(23-2)9-7-12/h3-11,17H,1-2H3,(H,21,22). The van der Waals surface area contributed by atoms with E-state index in [1.54, 1.807) is 35.9 Å². The van der Waals surface area contributed by atoms with Gasteiger partial charge >= 0.3 is 5.97 Å². The van der Waals surface area contributed by atoms with Crippen molar-refractivity contribution >= 4 is 29.3 Å². The second-order valence-electron chi connectivity index (χ2n) is 5.47. The lowest BCUT2D eigenvalue weighted by molar-refractivity contribution is -0.117. The molecule has 5 nitrogen and oxygen atoms in total. The fourth-order valence-corrected chi connectivity index (χ4v) is 3.95. The van der Waals surface area contributed by atoms with Gasteiger partial charge in [-0.1, -0.05) is 18.2 Å². The van der Waals surface area contributed by atoms with Crippen molar-refractivity contribution in [2.24, 2.45) is 0 Å². The van der Waals surface area contributed by atoms with E-state index in [0.29, 0.717) is 5.69 Å². The molecule has 24 heavy (non-hydrogen) atoms. The number of carbonyl (C=O) groups excluding carboxylic acids is 1. The van der Waals surface area contributed by atoms with Gasteiger partial charge in [-0.3, -0.25) is 9.69 Å². The van der Waals surface area contributed by atoms with Crippen LogP contribution in [-0.2, 0) is 4.79 Å². The number of hydrogen-bond acceptors (Lipinski definition) is 4. The number of ether oxygens (including phenoxy) is 1. The van der Waals surface area contributed by atoms with Gasteiger partial charge in [0.25, 0.3) is 0 Å². The first-order chi connectivity index (χ1) is 11.5. The molecule has 6 heteroatoms. The summed E-state index contributed by atoms with van der Waals surface area (Å²) >= 11 is 1.55. The van der Waals surface area contributed by atoms with E-state index in [1.807, 2.05) is 31.2 Å². The summed E-state index contributed by atoms with van der Waals surface area (Å²) in [5, 5.41) is 8.81. The van der Waals surface area contributed by atoms with E-state index in [9.17, 15) is 14.7 Å². The van der Waals surface area contributed by atoms with Gasteiger partial charge in [0.15, 0.2) is 0 Å². The number of amides is 1. The molecule has 2 atom stereocenters. The summed E-state index contributed by atoms with van der Waals surface area (Å²) in [4.78, 5) is 25.5. The molecule has 1 heterocycles. The average Bonchev–Trinajstić information content (AvgIpc) is 2.90. The summed E-state index contributed by atoms with van der Waals surface area (Å²) in [6.07, 6.45) is 0. The SMILES string of the molecule is COc1ccc(C2SC(C)C(=O)N2c2cccc(C(=O)O)c2)cc1. The minimum absolute atomic E-state index is 0.0247. The van der Waals surface area contributed by atoms with Crippen molar-refractivity contribution in [2.75, 3.05) is 12.0 Å². The van der Waals surface area contributed by atoms with Crippen LogP contribution in [0.4, 0.5) is 5.69 Å². The quantitative estimate of drug-likeness (QED) is 0.919. The average molecular weight is 343 g/mol. The topological polar surface area (TPSA) is 66.8 Å². The van der Waals surface area contributed by atoms with E-state index in [2.05, 4.69) is 0 Å². The zero-order valence-electron chi connectivity index (χ0n) is 13.3. The molecule has 1 fully saturated rings. The van der Waals surface area contributed by atoms with Gasteiger partial charge in [-0.15, -0.1) is 11.8 Å². The van der Waals surface area contributed by atoms with Crippen molar-refractivity contribution in [2.45, 2.75) is 17.5 Å². The van der Waals surface area contributed by atoms with Gasteiger partial charge in [-0.25, -0.2) is 4.79 Å². The molecule has 0 aromatic heterocycles. The largest absolute Gasteiger partial charge is 0.497 e. The Morgan fingerprint density at radius 3 is 2.54 bits per heavy atom. The molecule has 2 aromatic rings. The van der Waals surface area contributed by atoms with Gasteiger partial charge in [0.05, 0.1) is 17.9 Å². The van der Waals surface area contributed by atoms with E-state index in [4.69, 9.17) is 4.74 Å². The van der Waals surface area contributed by atoms with E-state index < -0.39 is 5.97 Å². The van der Waals surface area contributed by atoms with Crippen molar-refractivity contribution in [3.8, 4) is 5.75 Å². The van der Waals surface area contributed by atoms with Crippen LogP contribution in [-0.4, -0.2) is 29.3 Å². The molecule has 1 amide bonds. The van der Waals surface area contributed by atoms with Crippen molar-refractivity contribution in [1.82, 2.24) is 0 Å². The smallest absolute Gasteiger partial charge is 0.335 e. The first-order valence-electron chi connectivity index (χ1n) is 7.47. The second kappa shape index (κ2) is 6.57. The summed E-state index contributed by atoms with van der Waals surface area (Å²) < 4.78 is 5.18. The van der Waals surface area contributed by atoms with Gasteiger partial charge in [0.1, 0.15) is 11.1 Å². The molecule has 2 aromatic carbocycles. The van der Waals surface area contributed by atoms with Crippen molar-refractivity contribution in [3.63, 3.8) is 0 Å². The fourth-order valence-electron chi connectivity index (χ4n) is 2.67. The number of carboxylic acid groups (broad SMARTS) is 1. The third-order valence-corrected chi connectivity index (χ3v) is 5.28. The fraction of sp³-hybridized carbons (Fsp3) is 0.222. The molecular formula is C18H17NO4S. The Bertz CT molecular complexity index is 775. The Kier molecular flexibility index (Phi) is 4.49. The Morgan fingerprint density at radius 1 is 1.21 bits per heavy atom. The molecular weight excluding hydrogens is 326 g/mol. The highest BCUT2D eigenvalue weighted by Crippen LogP contribution is 2.45. The maximum absolute atomic E-state index is 12.6. The third-order valence-electron chi connectivity index (χ3n) is 3.92. The van der Waals surface area contributed by atoms with Gasteiger partial charge in [-0.2, -0.15) is 0 Å². The number of nitrogens with zero attached hydrogens (tertiary/aromatic N) is 1. The molecule has 0 spiro atoms. The number of benzene rings is 2. The molecule has 3 rings (SSSR count). The van der Waals surface area contributed by atoms with E-state index >= 15 is 0 Å². The monoisotopic (exact) mass is 343 g/mol. The van der Waals surface area contributed by atoms with E-state index in [-0.39, 0.29) is 22.1 Å². The van der Waals surface area contributed by atoms with Crippen LogP contribution in [0.5, 0.6) is 5.75 Å². The van der Waals surface area contributed by atoms with Crippen LogP contribution in [0.1, 0.15) is 28.2 Å². The number of carboxylic acids is 1. The minimum atomic E-state index is -1.01. The number of thioether (sulfide) groups is 1. The molecule has 1 aliphatic rings. The number of carbonyl (C=O) groups is 2. The van der Waals surface area contributed by atoms with Gasteiger partial charge < -0.3 is 9.84 Å². The molecule has 0 aliphatic carbocycles. The maximum Gasteiger partial charge on any atom is 0.335 e. The maximum atomic E-state index is 12.6. The highest BCUT2D eigenvalue weighted by atomic mass is 32.2. The summed E-state index contributed by atoms with van der Waals surface area (Å²) in [7, 11) is 1.61. The Labute approximate surface area is 144 Å². The summed E-state index contributed by atoms with van der Waals surface area (Å²) in [6, 6.07) is 14.0. The molecule has 0 saturated carbocycles. The summed E-state index contributed by atoms with van der Waals surface area (Å²) in [6.45, 7) is 1.87. The highest BCUT2D eigenvalue weighted by Gasteiger charge is 2.39. The predicted molar refractivity (Wildman–Crippen MR) is 93.7 cm³/mol. The number of anilines is 1. The Hall–Kier alpha value is -2.47. The Balaban J connectivity index is 2.00. The van der Waals surface area contributed by atoms with E-state index in [1.165, 1.54) is 12.1 Å². The molecule has 1 aliphatic heterocycles. The van der Waals surface area contributed by atoms with Gasteiger partial charge in [-0.05, 0) is 42.8 Å². The first-order valence-corrected chi connectivity index (χ1v) is 8.41. The molecule has 0 bridgehead atoms. The summed E-state index contributed by atoms with van der Waals surface area (Å²) in [5.74, 6) is -0.283. The van der Waals surface area contributed by atoms with Crippen molar-refractivity contribution < 1.29 is 19.4 Å². The van der Waals surface area contributed by atoms with Gasteiger partial charge in [0.2, 0.25) is 5.91 Å². The molecule has 1 saturated heterocycles. The van der Waals surface area contributed by atoms with Crippen LogP contribution in [0.2, 0.25) is 0 Å². The van der Waals surface area contributed by atoms with Crippen molar-refractivity contribution in [1.29, 1.82) is 0 Å². The zero-order valence-corrected chi connectivity index (χ0v) is 14.1. The van der Waals surface area contributed by atoms with Crippen LogP contribution < -0.4 is 9.64 Å². The third kappa shape index (κ3) is 2.97. The lowest BCUT2D eigenvalue weighted by Crippen LogP contribution is -2.30.